The zero-order chi connectivity index (χ0) is 14.0. The maximum absolute atomic E-state index is 13.7. The van der Waals surface area contributed by atoms with Crippen molar-refractivity contribution in [1.82, 2.24) is 9.88 Å². The van der Waals surface area contributed by atoms with E-state index in [9.17, 15) is 9.18 Å². The van der Waals surface area contributed by atoms with E-state index in [2.05, 4.69) is 4.98 Å². The number of aromatic nitrogens is 1. The molecule has 0 saturated carbocycles. The van der Waals surface area contributed by atoms with Gasteiger partial charge in [0.1, 0.15) is 11.4 Å². The van der Waals surface area contributed by atoms with Crippen molar-refractivity contribution >= 4 is 6.09 Å². The number of halogens is 1. The third kappa shape index (κ3) is 3.43. The lowest BCUT2D eigenvalue weighted by atomic mass is 10.00. The smallest absolute Gasteiger partial charge is 0.410 e. The van der Waals surface area contributed by atoms with Crippen LogP contribution in [0.3, 0.4) is 0 Å². The maximum atomic E-state index is 13.7. The highest BCUT2D eigenvalue weighted by Gasteiger charge is 2.31. The molecule has 2 heterocycles. The van der Waals surface area contributed by atoms with Crippen LogP contribution in [0.25, 0.3) is 0 Å². The lowest BCUT2D eigenvalue weighted by molar-refractivity contribution is 0.0292. The number of likely N-dealkylation sites (tertiary alicyclic amines) is 1. The van der Waals surface area contributed by atoms with E-state index in [0.717, 1.165) is 6.42 Å². The molecular formula is C14H19FN2O2. The number of pyridine rings is 1. The number of rotatable bonds is 1. The largest absolute Gasteiger partial charge is 0.444 e. The van der Waals surface area contributed by atoms with Crippen molar-refractivity contribution in [1.29, 1.82) is 0 Å². The molecule has 1 aliphatic rings. The summed E-state index contributed by atoms with van der Waals surface area (Å²) < 4.78 is 19.0. The molecule has 1 amide bonds. The highest BCUT2D eigenvalue weighted by molar-refractivity contribution is 5.68. The van der Waals surface area contributed by atoms with Crippen molar-refractivity contribution in [3.8, 4) is 0 Å². The van der Waals surface area contributed by atoms with E-state index in [0.29, 0.717) is 18.7 Å². The standard InChI is InChI=1S/C14H19FN2O2/c1-14(2,3)19-13(18)17-7-5-10(9-17)11-8-16-6-4-12(11)15/h4,6,8,10H,5,7,9H2,1-3H3. The first-order chi connectivity index (χ1) is 8.87. The molecule has 19 heavy (non-hydrogen) atoms. The number of carbonyl (C=O) groups is 1. The molecule has 0 radical (unpaired) electrons. The first-order valence-electron chi connectivity index (χ1n) is 6.44. The van der Waals surface area contributed by atoms with Gasteiger partial charge in [0.15, 0.2) is 0 Å². The fraction of sp³-hybridized carbons (Fsp3) is 0.571. The predicted molar refractivity (Wildman–Crippen MR) is 69.4 cm³/mol. The summed E-state index contributed by atoms with van der Waals surface area (Å²) in [6, 6.07) is 1.35. The minimum absolute atomic E-state index is 0.00113. The summed E-state index contributed by atoms with van der Waals surface area (Å²) in [6.45, 7) is 6.57. The van der Waals surface area contributed by atoms with E-state index in [1.165, 1.54) is 12.3 Å². The average Bonchev–Trinajstić information content (AvgIpc) is 2.76. The molecule has 1 aromatic heterocycles. The SMILES string of the molecule is CC(C)(C)OC(=O)N1CCC(c2cnccc2F)C1. The van der Waals surface area contributed by atoms with Gasteiger partial charge in [0.2, 0.25) is 0 Å². The molecule has 0 bridgehead atoms. The van der Waals surface area contributed by atoms with Gasteiger partial charge in [0, 0.05) is 37.0 Å². The second-order valence-electron chi connectivity index (χ2n) is 5.81. The van der Waals surface area contributed by atoms with Gasteiger partial charge in [-0.25, -0.2) is 9.18 Å². The van der Waals surface area contributed by atoms with Crippen LogP contribution < -0.4 is 0 Å². The van der Waals surface area contributed by atoms with Gasteiger partial charge in [0.25, 0.3) is 0 Å². The van der Waals surface area contributed by atoms with Crippen molar-refractivity contribution in [3.05, 3.63) is 29.8 Å². The Morgan fingerprint density at radius 2 is 2.26 bits per heavy atom. The van der Waals surface area contributed by atoms with Crippen LogP contribution in [0.5, 0.6) is 0 Å². The Labute approximate surface area is 112 Å². The van der Waals surface area contributed by atoms with E-state index in [-0.39, 0.29) is 17.8 Å². The Hall–Kier alpha value is -1.65. The number of ether oxygens (including phenoxy) is 1. The van der Waals surface area contributed by atoms with Gasteiger partial charge < -0.3 is 9.64 Å². The lowest BCUT2D eigenvalue weighted by Gasteiger charge is -2.24. The van der Waals surface area contributed by atoms with E-state index >= 15 is 0 Å². The molecule has 1 saturated heterocycles. The van der Waals surface area contributed by atoms with E-state index < -0.39 is 5.60 Å². The van der Waals surface area contributed by atoms with Crippen LogP contribution in [0.1, 0.15) is 38.7 Å². The first kappa shape index (κ1) is 13.8. The van der Waals surface area contributed by atoms with E-state index in [1.807, 2.05) is 20.8 Å². The molecule has 0 N–H and O–H groups in total. The number of hydrogen-bond acceptors (Lipinski definition) is 3. The van der Waals surface area contributed by atoms with Crippen LogP contribution in [0.4, 0.5) is 9.18 Å². The Bertz CT molecular complexity index is 471. The molecule has 0 aliphatic carbocycles. The molecule has 104 valence electrons. The molecule has 1 atom stereocenters. The Balaban J connectivity index is 2.01. The molecule has 0 spiro atoms. The van der Waals surface area contributed by atoms with E-state index in [1.54, 1.807) is 11.1 Å². The summed E-state index contributed by atoms with van der Waals surface area (Å²) in [5, 5.41) is 0. The number of nitrogens with zero attached hydrogens (tertiary/aromatic N) is 2. The van der Waals surface area contributed by atoms with Crippen LogP contribution in [-0.2, 0) is 4.74 Å². The third-order valence-corrected chi connectivity index (χ3v) is 3.08. The summed E-state index contributed by atoms with van der Waals surface area (Å²) in [6.07, 6.45) is 3.37. The van der Waals surface area contributed by atoms with Crippen molar-refractivity contribution in [2.24, 2.45) is 0 Å². The van der Waals surface area contributed by atoms with Crippen LogP contribution >= 0.6 is 0 Å². The summed E-state index contributed by atoms with van der Waals surface area (Å²) >= 11 is 0. The van der Waals surface area contributed by atoms with Gasteiger partial charge >= 0.3 is 6.09 Å². The zero-order valence-electron chi connectivity index (χ0n) is 11.5. The summed E-state index contributed by atoms with van der Waals surface area (Å²) in [5.74, 6) is -0.257. The predicted octanol–water partition coefficient (Wildman–Crippen LogP) is 2.95. The summed E-state index contributed by atoms with van der Waals surface area (Å²) in [5.41, 5.74) is 0.0721. The molecule has 5 heteroatoms. The Morgan fingerprint density at radius 3 is 2.89 bits per heavy atom. The minimum Gasteiger partial charge on any atom is -0.444 e. The normalized spacial score (nSPS) is 19.6. The summed E-state index contributed by atoms with van der Waals surface area (Å²) in [7, 11) is 0. The highest BCUT2D eigenvalue weighted by atomic mass is 19.1. The van der Waals surface area contributed by atoms with E-state index in [4.69, 9.17) is 4.74 Å². The van der Waals surface area contributed by atoms with Gasteiger partial charge in [-0.1, -0.05) is 0 Å². The second kappa shape index (κ2) is 5.15. The first-order valence-corrected chi connectivity index (χ1v) is 6.44. The van der Waals surface area contributed by atoms with Crippen LogP contribution in [0.15, 0.2) is 18.5 Å². The number of carbonyl (C=O) groups excluding carboxylic acids is 1. The molecule has 1 unspecified atom stereocenters. The molecule has 1 aliphatic heterocycles. The fourth-order valence-electron chi connectivity index (χ4n) is 2.20. The Morgan fingerprint density at radius 1 is 1.53 bits per heavy atom. The second-order valence-corrected chi connectivity index (χ2v) is 5.81. The van der Waals surface area contributed by atoms with Gasteiger partial charge in [0.05, 0.1) is 0 Å². The van der Waals surface area contributed by atoms with Crippen LogP contribution in [0, 0.1) is 5.82 Å². The molecule has 1 aromatic rings. The monoisotopic (exact) mass is 266 g/mol. The van der Waals surface area contributed by atoms with Crippen molar-refractivity contribution in [2.45, 2.75) is 38.7 Å². The molecular weight excluding hydrogens is 247 g/mol. The minimum atomic E-state index is -0.505. The quantitative estimate of drug-likeness (QED) is 0.785. The highest BCUT2D eigenvalue weighted by Crippen LogP contribution is 2.29. The van der Waals surface area contributed by atoms with Crippen LogP contribution in [0.2, 0.25) is 0 Å². The molecule has 1 fully saturated rings. The average molecular weight is 266 g/mol. The number of amides is 1. The molecule has 2 rings (SSSR count). The van der Waals surface area contributed by atoms with Gasteiger partial charge in [-0.3, -0.25) is 4.98 Å². The maximum Gasteiger partial charge on any atom is 0.410 e. The molecule has 4 nitrogen and oxygen atoms in total. The van der Waals surface area contributed by atoms with Gasteiger partial charge in [-0.15, -0.1) is 0 Å². The summed E-state index contributed by atoms with van der Waals surface area (Å²) in [4.78, 5) is 17.5. The van der Waals surface area contributed by atoms with Crippen molar-refractivity contribution < 1.29 is 13.9 Å². The van der Waals surface area contributed by atoms with Crippen LogP contribution in [-0.4, -0.2) is 34.7 Å². The topological polar surface area (TPSA) is 42.4 Å². The van der Waals surface area contributed by atoms with Gasteiger partial charge in [-0.05, 0) is 33.3 Å². The number of hydrogen-bond donors (Lipinski definition) is 0. The molecule has 0 aromatic carbocycles. The van der Waals surface area contributed by atoms with Gasteiger partial charge in [-0.2, -0.15) is 0 Å². The third-order valence-electron chi connectivity index (χ3n) is 3.08. The fourth-order valence-corrected chi connectivity index (χ4v) is 2.20. The van der Waals surface area contributed by atoms with Crippen molar-refractivity contribution in [3.63, 3.8) is 0 Å². The lowest BCUT2D eigenvalue weighted by Crippen LogP contribution is -2.35. The van der Waals surface area contributed by atoms with Crippen molar-refractivity contribution in [2.75, 3.05) is 13.1 Å². The Kier molecular flexibility index (Phi) is 3.73. The zero-order valence-corrected chi connectivity index (χ0v) is 11.5.